The minimum atomic E-state index is -0.308. The van der Waals surface area contributed by atoms with Crippen LogP contribution in [0.1, 0.15) is 0 Å². The number of carbonyl (C=O) groups is 1. The quantitative estimate of drug-likeness (QED) is 0.310. The lowest BCUT2D eigenvalue weighted by atomic mass is 10.6. The van der Waals surface area contributed by atoms with E-state index in [1.807, 2.05) is 5.43 Å². The Morgan fingerprint density at radius 2 is 2.40 bits per heavy atom. The average Bonchev–Trinajstić information content (AvgIpc) is 1.98. The Bertz CT molecular complexity index is 107. The molecule has 0 unspecified atom stereocenters. The molecule has 0 bridgehead atoms. The zero-order valence-electron chi connectivity index (χ0n) is 6.26. The van der Waals surface area contributed by atoms with Crippen LogP contribution in [0.2, 0.25) is 0 Å². The molecule has 0 spiro atoms. The van der Waals surface area contributed by atoms with E-state index in [-0.39, 0.29) is 6.03 Å². The summed E-state index contributed by atoms with van der Waals surface area (Å²) in [6.45, 7) is 1.06. The Hall–Kier alpha value is -0.810. The van der Waals surface area contributed by atoms with E-state index in [0.717, 1.165) is 0 Å². The van der Waals surface area contributed by atoms with Crippen molar-refractivity contribution >= 4 is 6.03 Å². The second kappa shape index (κ2) is 5.01. The van der Waals surface area contributed by atoms with Crippen LogP contribution in [0, 0.1) is 0 Å². The van der Waals surface area contributed by atoms with Gasteiger partial charge in [0.15, 0.2) is 0 Å². The van der Waals surface area contributed by atoms with E-state index in [0.29, 0.717) is 13.2 Å². The van der Waals surface area contributed by atoms with Gasteiger partial charge in [0.25, 0.3) is 0 Å². The zero-order valence-corrected chi connectivity index (χ0v) is 6.26. The third-order valence-corrected chi connectivity index (χ3v) is 1.10. The number of ether oxygens (including phenoxy) is 1. The number of urea groups is 1. The number of hydrogen-bond donors (Lipinski definition) is 2. The van der Waals surface area contributed by atoms with E-state index in [1.165, 1.54) is 4.90 Å². The summed E-state index contributed by atoms with van der Waals surface area (Å²) < 4.78 is 4.74. The van der Waals surface area contributed by atoms with Crippen LogP contribution in [-0.2, 0) is 4.74 Å². The van der Waals surface area contributed by atoms with Crippen molar-refractivity contribution in [3.63, 3.8) is 0 Å². The molecule has 0 aliphatic rings. The Morgan fingerprint density at radius 3 is 2.80 bits per heavy atom. The van der Waals surface area contributed by atoms with Crippen LogP contribution in [0.5, 0.6) is 0 Å². The molecule has 2 amide bonds. The Kier molecular flexibility index (Phi) is 4.61. The second-order valence-electron chi connectivity index (χ2n) is 1.86. The summed E-state index contributed by atoms with van der Waals surface area (Å²) in [5, 5.41) is 0. The number of rotatable bonds is 3. The summed E-state index contributed by atoms with van der Waals surface area (Å²) in [5.74, 6) is 4.86. The smallest absolute Gasteiger partial charge is 0.331 e. The topological polar surface area (TPSA) is 67.6 Å². The summed E-state index contributed by atoms with van der Waals surface area (Å²) in [4.78, 5) is 12.1. The van der Waals surface area contributed by atoms with Gasteiger partial charge in [-0.3, -0.25) is 5.43 Å². The molecule has 0 heterocycles. The van der Waals surface area contributed by atoms with Gasteiger partial charge in [-0.05, 0) is 0 Å². The predicted molar refractivity (Wildman–Crippen MR) is 37.2 cm³/mol. The van der Waals surface area contributed by atoms with E-state index < -0.39 is 0 Å². The molecule has 0 atom stereocenters. The van der Waals surface area contributed by atoms with Crippen molar-refractivity contribution in [2.45, 2.75) is 0 Å². The van der Waals surface area contributed by atoms with Gasteiger partial charge in [-0.15, -0.1) is 0 Å². The highest BCUT2D eigenvalue weighted by Gasteiger charge is 2.03. The van der Waals surface area contributed by atoms with Gasteiger partial charge in [-0.25, -0.2) is 10.6 Å². The fraction of sp³-hybridized carbons (Fsp3) is 0.800. The minimum Gasteiger partial charge on any atom is -0.383 e. The normalized spacial score (nSPS) is 9.10. The SMILES string of the molecule is COCCN(C)C(=O)NN. The highest BCUT2D eigenvalue weighted by molar-refractivity contribution is 5.72. The van der Waals surface area contributed by atoms with Crippen molar-refractivity contribution in [1.82, 2.24) is 10.3 Å². The Labute approximate surface area is 60.1 Å². The number of nitrogens with zero attached hydrogens (tertiary/aromatic N) is 1. The minimum absolute atomic E-state index is 0.308. The molecule has 0 rings (SSSR count). The van der Waals surface area contributed by atoms with Crippen molar-refractivity contribution in [2.75, 3.05) is 27.3 Å². The highest BCUT2D eigenvalue weighted by Crippen LogP contribution is 1.81. The third-order valence-electron chi connectivity index (χ3n) is 1.10. The molecule has 0 aliphatic carbocycles. The molecular weight excluding hydrogens is 134 g/mol. The van der Waals surface area contributed by atoms with Gasteiger partial charge in [-0.1, -0.05) is 0 Å². The van der Waals surface area contributed by atoms with Crippen LogP contribution in [0.25, 0.3) is 0 Å². The average molecular weight is 147 g/mol. The van der Waals surface area contributed by atoms with Crippen LogP contribution in [0.3, 0.4) is 0 Å². The van der Waals surface area contributed by atoms with E-state index in [1.54, 1.807) is 14.2 Å². The molecular formula is C5H13N3O2. The molecule has 0 fully saturated rings. The Balaban J connectivity index is 3.41. The lowest BCUT2D eigenvalue weighted by molar-refractivity contribution is 0.160. The van der Waals surface area contributed by atoms with E-state index in [2.05, 4.69) is 0 Å². The molecule has 5 heteroatoms. The van der Waals surface area contributed by atoms with Crippen LogP contribution >= 0.6 is 0 Å². The van der Waals surface area contributed by atoms with Crippen molar-refractivity contribution in [1.29, 1.82) is 0 Å². The number of hydrogen-bond acceptors (Lipinski definition) is 3. The molecule has 0 saturated heterocycles. The fourth-order valence-electron chi connectivity index (χ4n) is 0.440. The van der Waals surface area contributed by atoms with Gasteiger partial charge in [0, 0.05) is 20.7 Å². The Morgan fingerprint density at radius 1 is 1.80 bits per heavy atom. The third kappa shape index (κ3) is 3.26. The van der Waals surface area contributed by atoms with Crippen LogP contribution < -0.4 is 11.3 Å². The summed E-state index contributed by atoms with van der Waals surface area (Å²) >= 11 is 0. The van der Waals surface area contributed by atoms with Gasteiger partial charge < -0.3 is 9.64 Å². The first-order valence-electron chi connectivity index (χ1n) is 2.93. The van der Waals surface area contributed by atoms with Gasteiger partial charge in [-0.2, -0.15) is 0 Å². The lowest BCUT2D eigenvalue weighted by Gasteiger charge is -2.14. The molecule has 0 saturated carbocycles. The number of nitrogens with one attached hydrogen (secondary N) is 1. The van der Waals surface area contributed by atoms with Gasteiger partial charge in [0.05, 0.1) is 6.61 Å². The summed E-state index contributed by atoms with van der Waals surface area (Å²) in [5.41, 5.74) is 2.01. The monoisotopic (exact) mass is 147 g/mol. The maximum Gasteiger partial charge on any atom is 0.331 e. The molecule has 0 aromatic carbocycles. The molecule has 0 aromatic heterocycles. The van der Waals surface area contributed by atoms with Crippen molar-refractivity contribution in [3.05, 3.63) is 0 Å². The summed E-state index contributed by atoms with van der Waals surface area (Å²) in [6.07, 6.45) is 0. The fourth-order valence-corrected chi connectivity index (χ4v) is 0.440. The molecule has 10 heavy (non-hydrogen) atoms. The van der Waals surface area contributed by atoms with Crippen molar-refractivity contribution in [3.8, 4) is 0 Å². The predicted octanol–water partition coefficient (Wildman–Crippen LogP) is -0.852. The number of carbonyl (C=O) groups excluding carboxylic acids is 1. The zero-order chi connectivity index (χ0) is 7.98. The van der Waals surface area contributed by atoms with Gasteiger partial charge in [0.2, 0.25) is 0 Å². The largest absolute Gasteiger partial charge is 0.383 e. The van der Waals surface area contributed by atoms with Crippen LogP contribution in [0.4, 0.5) is 4.79 Å². The number of methoxy groups -OCH3 is 1. The lowest BCUT2D eigenvalue weighted by Crippen LogP contribution is -2.42. The van der Waals surface area contributed by atoms with Gasteiger partial charge in [0.1, 0.15) is 0 Å². The van der Waals surface area contributed by atoms with Crippen molar-refractivity contribution in [2.24, 2.45) is 5.84 Å². The number of amides is 2. The molecule has 3 N–H and O–H groups in total. The molecule has 0 aromatic rings. The number of hydrazine groups is 1. The maximum absolute atomic E-state index is 10.7. The van der Waals surface area contributed by atoms with E-state index in [9.17, 15) is 4.79 Å². The van der Waals surface area contributed by atoms with Crippen LogP contribution in [0.15, 0.2) is 0 Å². The molecule has 0 radical (unpaired) electrons. The standard InChI is InChI=1S/C5H13N3O2/c1-8(3-4-10-2)5(9)7-6/h3-4,6H2,1-2H3,(H,7,9). The molecule has 5 nitrogen and oxygen atoms in total. The summed E-state index contributed by atoms with van der Waals surface area (Å²) in [7, 11) is 3.22. The second-order valence-corrected chi connectivity index (χ2v) is 1.86. The maximum atomic E-state index is 10.7. The van der Waals surface area contributed by atoms with Crippen LogP contribution in [-0.4, -0.2) is 38.2 Å². The first kappa shape index (κ1) is 9.19. The number of likely N-dealkylation sites (N-methyl/N-ethyl adjacent to an activating group) is 1. The van der Waals surface area contributed by atoms with E-state index >= 15 is 0 Å². The van der Waals surface area contributed by atoms with Gasteiger partial charge >= 0.3 is 6.03 Å². The summed E-state index contributed by atoms with van der Waals surface area (Å²) in [6, 6.07) is -0.308. The first-order chi connectivity index (χ1) is 4.72. The molecule has 0 aliphatic heterocycles. The number of nitrogens with two attached hydrogens (primary N) is 1. The highest BCUT2D eigenvalue weighted by atomic mass is 16.5. The molecule has 60 valence electrons. The van der Waals surface area contributed by atoms with E-state index in [4.69, 9.17) is 10.6 Å². The van der Waals surface area contributed by atoms with Crippen molar-refractivity contribution < 1.29 is 9.53 Å². The first-order valence-corrected chi connectivity index (χ1v) is 2.93.